The molecule has 2 aromatic heterocycles. The number of aryl methyl sites for hydroxylation is 1. The fourth-order valence-electron chi connectivity index (χ4n) is 1.23. The van der Waals surface area contributed by atoms with Gasteiger partial charge >= 0.3 is 0 Å². The van der Waals surface area contributed by atoms with Crippen LogP contribution in [0.4, 0.5) is 11.8 Å². The van der Waals surface area contributed by atoms with E-state index >= 15 is 0 Å². The summed E-state index contributed by atoms with van der Waals surface area (Å²) in [6, 6.07) is 6.02. The number of nitrogens with one attached hydrogen (secondary N) is 1. The first-order chi connectivity index (χ1) is 7.24. The zero-order valence-corrected chi connectivity index (χ0v) is 9.21. The van der Waals surface area contributed by atoms with Crippen LogP contribution in [0, 0.1) is 6.92 Å². The minimum atomic E-state index is 0.294. The second kappa shape index (κ2) is 4.27. The van der Waals surface area contributed by atoms with Crippen molar-refractivity contribution in [3.8, 4) is 0 Å². The van der Waals surface area contributed by atoms with Gasteiger partial charge in [0.2, 0.25) is 5.95 Å². The maximum Gasteiger partial charge on any atom is 0.221 e. The quantitative estimate of drug-likeness (QED) is 0.830. The first-order valence-corrected chi connectivity index (χ1v) is 5.43. The number of nitrogens with zero attached hydrogens (tertiary/aromatic N) is 2. The lowest BCUT2D eigenvalue weighted by Crippen LogP contribution is -2.02. The predicted octanol–water partition coefficient (Wildman–Crippen LogP) is 2.04. The Morgan fingerprint density at radius 3 is 2.93 bits per heavy atom. The summed E-state index contributed by atoms with van der Waals surface area (Å²) in [6.45, 7) is 2.87. The molecule has 2 rings (SSSR count). The van der Waals surface area contributed by atoms with Gasteiger partial charge in [-0.25, -0.2) is 4.98 Å². The molecule has 3 N–H and O–H groups in total. The minimum Gasteiger partial charge on any atom is -0.368 e. The second-order valence-corrected chi connectivity index (χ2v) is 4.54. The number of hydrogen-bond donors (Lipinski definition) is 2. The summed E-state index contributed by atoms with van der Waals surface area (Å²) in [7, 11) is 0. The molecular weight excluding hydrogens is 208 g/mol. The van der Waals surface area contributed by atoms with Gasteiger partial charge in [0, 0.05) is 16.0 Å². The largest absolute Gasteiger partial charge is 0.368 e. The van der Waals surface area contributed by atoms with Gasteiger partial charge < -0.3 is 11.1 Å². The molecular formula is C10H12N4S. The summed E-state index contributed by atoms with van der Waals surface area (Å²) in [6.07, 6.45) is 1.64. The molecule has 78 valence electrons. The number of anilines is 2. The lowest BCUT2D eigenvalue weighted by molar-refractivity contribution is 1.11. The standard InChI is InChI=1S/C10H12N4S/c1-7-2-3-8(15-7)6-13-9-4-5-12-10(11)14-9/h2-5H,6H2,1H3,(H3,11,12,13,14). The first-order valence-electron chi connectivity index (χ1n) is 4.62. The summed E-state index contributed by atoms with van der Waals surface area (Å²) >= 11 is 1.77. The summed E-state index contributed by atoms with van der Waals surface area (Å²) in [5, 5.41) is 3.19. The van der Waals surface area contributed by atoms with E-state index < -0.39 is 0 Å². The number of nitrogen functional groups attached to an aromatic ring is 1. The van der Waals surface area contributed by atoms with Gasteiger partial charge in [-0.3, -0.25) is 0 Å². The van der Waals surface area contributed by atoms with Crippen LogP contribution in [0.2, 0.25) is 0 Å². The van der Waals surface area contributed by atoms with Gasteiger partial charge in [-0.15, -0.1) is 11.3 Å². The van der Waals surface area contributed by atoms with E-state index in [4.69, 9.17) is 5.73 Å². The maximum absolute atomic E-state index is 5.47. The van der Waals surface area contributed by atoms with Crippen LogP contribution < -0.4 is 11.1 Å². The number of rotatable bonds is 3. The molecule has 4 nitrogen and oxygen atoms in total. The second-order valence-electron chi connectivity index (χ2n) is 3.17. The highest BCUT2D eigenvalue weighted by Crippen LogP contribution is 2.16. The molecule has 0 aliphatic rings. The Kier molecular flexibility index (Phi) is 2.82. The van der Waals surface area contributed by atoms with Crippen LogP contribution in [0.3, 0.4) is 0 Å². The third kappa shape index (κ3) is 2.66. The maximum atomic E-state index is 5.47. The molecule has 2 heterocycles. The molecule has 5 heteroatoms. The predicted molar refractivity (Wildman–Crippen MR) is 62.8 cm³/mol. The highest BCUT2D eigenvalue weighted by atomic mass is 32.1. The molecule has 0 atom stereocenters. The summed E-state index contributed by atoms with van der Waals surface area (Å²) < 4.78 is 0. The van der Waals surface area contributed by atoms with E-state index in [1.54, 1.807) is 23.6 Å². The molecule has 0 aromatic carbocycles. The van der Waals surface area contributed by atoms with Crippen LogP contribution in [0.15, 0.2) is 24.4 Å². The van der Waals surface area contributed by atoms with Crippen molar-refractivity contribution in [2.45, 2.75) is 13.5 Å². The molecule has 0 aliphatic carbocycles. The highest BCUT2D eigenvalue weighted by molar-refractivity contribution is 7.11. The van der Waals surface area contributed by atoms with Crippen molar-refractivity contribution in [1.82, 2.24) is 9.97 Å². The Hall–Kier alpha value is -1.62. The molecule has 0 saturated carbocycles. The van der Waals surface area contributed by atoms with Gasteiger partial charge in [0.15, 0.2) is 0 Å². The van der Waals surface area contributed by atoms with E-state index in [9.17, 15) is 0 Å². The van der Waals surface area contributed by atoms with Crippen LogP contribution in [0.1, 0.15) is 9.75 Å². The molecule has 0 amide bonds. The number of aromatic nitrogens is 2. The fraction of sp³-hybridized carbons (Fsp3) is 0.200. The van der Waals surface area contributed by atoms with E-state index in [1.807, 2.05) is 0 Å². The molecule has 0 aliphatic heterocycles. The third-order valence-corrected chi connectivity index (χ3v) is 2.91. The molecule has 0 radical (unpaired) electrons. The molecule has 0 saturated heterocycles. The lowest BCUT2D eigenvalue weighted by atomic mass is 10.4. The Bertz CT molecular complexity index is 452. The van der Waals surface area contributed by atoms with Gasteiger partial charge in [-0.05, 0) is 25.1 Å². The van der Waals surface area contributed by atoms with Crippen molar-refractivity contribution in [2.75, 3.05) is 11.1 Å². The number of hydrogen-bond acceptors (Lipinski definition) is 5. The Balaban J connectivity index is 1.99. The first kappa shape index (κ1) is 9.92. The smallest absolute Gasteiger partial charge is 0.221 e. The third-order valence-electron chi connectivity index (χ3n) is 1.91. The van der Waals surface area contributed by atoms with Crippen LogP contribution in [0.5, 0.6) is 0 Å². The SMILES string of the molecule is Cc1ccc(CNc2ccnc(N)n2)s1. The van der Waals surface area contributed by atoms with E-state index in [0.29, 0.717) is 5.95 Å². The van der Waals surface area contributed by atoms with Crippen molar-refractivity contribution >= 4 is 23.1 Å². The van der Waals surface area contributed by atoms with E-state index in [2.05, 4.69) is 34.3 Å². The Labute approximate surface area is 92.2 Å². The van der Waals surface area contributed by atoms with E-state index in [-0.39, 0.29) is 0 Å². The summed E-state index contributed by atoms with van der Waals surface area (Å²) in [5.41, 5.74) is 5.47. The summed E-state index contributed by atoms with van der Waals surface area (Å²) in [5.74, 6) is 1.05. The zero-order valence-electron chi connectivity index (χ0n) is 8.40. The average molecular weight is 220 g/mol. The number of nitrogens with two attached hydrogens (primary N) is 1. The zero-order chi connectivity index (χ0) is 10.7. The number of thiophene rings is 1. The lowest BCUT2D eigenvalue weighted by Gasteiger charge is -2.03. The fourth-order valence-corrected chi connectivity index (χ4v) is 2.06. The summed E-state index contributed by atoms with van der Waals surface area (Å²) in [4.78, 5) is 10.5. The molecule has 0 spiro atoms. The van der Waals surface area contributed by atoms with Gasteiger partial charge in [0.1, 0.15) is 5.82 Å². The van der Waals surface area contributed by atoms with Crippen LogP contribution in [0.25, 0.3) is 0 Å². The van der Waals surface area contributed by atoms with Crippen molar-refractivity contribution < 1.29 is 0 Å². The van der Waals surface area contributed by atoms with Gasteiger partial charge in [-0.1, -0.05) is 0 Å². The van der Waals surface area contributed by atoms with E-state index in [1.165, 1.54) is 9.75 Å². The van der Waals surface area contributed by atoms with Crippen molar-refractivity contribution in [3.05, 3.63) is 34.2 Å². The highest BCUT2D eigenvalue weighted by Gasteiger charge is 1.98. The molecule has 0 unspecified atom stereocenters. The monoisotopic (exact) mass is 220 g/mol. The van der Waals surface area contributed by atoms with Crippen molar-refractivity contribution in [2.24, 2.45) is 0 Å². The van der Waals surface area contributed by atoms with Gasteiger partial charge in [0.25, 0.3) is 0 Å². The molecule has 2 aromatic rings. The Morgan fingerprint density at radius 2 is 2.27 bits per heavy atom. The molecule has 0 fully saturated rings. The molecule has 15 heavy (non-hydrogen) atoms. The minimum absolute atomic E-state index is 0.294. The topological polar surface area (TPSA) is 63.8 Å². The van der Waals surface area contributed by atoms with Gasteiger partial charge in [-0.2, -0.15) is 4.98 Å². The average Bonchev–Trinajstić information content (AvgIpc) is 2.62. The van der Waals surface area contributed by atoms with Crippen LogP contribution in [-0.2, 0) is 6.54 Å². The van der Waals surface area contributed by atoms with Crippen LogP contribution in [-0.4, -0.2) is 9.97 Å². The molecule has 0 bridgehead atoms. The normalized spacial score (nSPS) is 10.2. The Morgan fingerprint density at radius 1 is 1.40 bits per heavy atom. The van der Waals surface area contributed by atoms with E-state index in [0.717, 1.165) is 12.4 Å². The van der Waals surface area contributed by atoms with Crippen LogP contribution >= 0.6 is 11.3 Å². The van der Waals surface area contributed by atoms with Gasteiger partial charge in [0.05, 0.1) is 6.54 Å². The van der Waals surface area contributed by atoms with Crippen molar-refractivity contribution in [3.63, 3.8) is 0 Å². The van der Waals surface area contributed by atoms with Crippen molar-refractivity contribution in [1.29, 1.82) is 0 Å².